The first-order chi connectivity index (χ1) is 5.57. The van der Waals surface area contributed by atoms with Crippen LogP contribution in [0.25, 0.3) is 0 Å². The van der Waals surface area contributed by atoms with E-state index < -0.39 is 10.1 Å². The zero-order valence-electron chi connectivity index (χ0n) is 6.57. The van der Waals surface area contributed by atoms with E-state index in [9.17, 15) is 8.42 Å². The Labute approximate surface area is 71.1 Å². The summed E-state index contributed by atoms with van der Waals surface area (Å²) in [5.41, 5.74) is 1.82. The standard InChI is InChI=1S/C8H8O3S/c1-6-2-3-8-4-7(6)5-12(9,10)11-8/h2-4H,5H2,1H3. The maximum atomic E-state index is 11.1. The van der Waals surface area contributed by atoms with Gasteiger partial charge in [-0.2, -0.15) is 8.42 Å². The Bertz CT molecular complexity index is 420. The summed E-state index contributed by atoms with van der Waals surface area (Å²) in [6.07, 6.45) is 0. The van der Waals surface area contributed by atoms with Crippen LogP contribution < -0.4 is 4.18 Å². The van der Waals surface area contributed by atoms with Crippen molar-refractivity contribution in [2.45, 2.75) is 12.7 Å². The molecule has 1 aromatic carbocycles. The van der Waals surface area contributed by atoms with Crippen molar-refractivity contribution in [3.63, 3.8) is 0 Å². The molecule has 0 fully saturated rings. The number of fused-ring (bicyclic) bond motifs is 2. The molecule has 3 nitrogen and oxygen atoms in total. The predicted octanol–water partition coefficient (Wildman–Crippen LogP) is 1.22. The van der Waals surface area contributed by atoms with Gasteiger partial charge in [0.1, 0.15) is 11.5 Å². The van der Waals surface area contributed by atoms with Crippen LogP contribution in [0.1, 0.15) is 11.1 Å². The van der Waals surface area contributed by atoms with E-state index in [4.69, 9.17) is 4.18 Å². The molecule has 0 radical (unpaired) electrons. The molecule has 0 unspecified atom stereocenters. The average molecular weight is 184 g/mol. The van der Waals surface area contributed by atoms with Gasteiger partial charge < -0.3 is 4.18 Å². The van der Waals surface area contributed by atoms with Gasteiger partial charge in [-0.15, -0.1) is 0 Å². The highest BCUT2D eigenvalue weighted by atomic mass is 32.2. The molecule has 0 aliphatic carbocycles. The lowest BCUT2D eigenvalue weighted by Gasteiger charge is -2.15. The van der Waals surface area contributed by atoms with Crippen molar-refractivity contribution in [3.05, 3.63) is 29.3 Å². The van der Waals surface area contributed by atoms with Crippen molar-refractivity contribution in [2.24, 2.45) is 0 Å². The normalized spacial score (nSPS) is 18.4. The first-order valence-corrected chi connectivity index (χ1v) is 5.16. The molecule has 0 amide bonds. The first kappa shape index (κ1) is 7.61. The quantitative estimate of drug-likeness (QED) is 0.569. The molecule has 0 atom stereocenters. The molecule has 0 saturated carbocycles. The SMILES string of the molecule is Cc1ccc2cc1CS(=O)(=O)O2. The van der Waals surface area contributed by atoms with Crippen LogP contribution >= 0.6 is 0 Å². The van der Waals surface area contributed by atoms with Gasteiger partial charge in [-0.3, -0.25) is 0 Å². The van der Waals surface area contributed by atoms with Crippen molar-refractivity contribution >= 4 is 10.1 Å². The molecule has 0 saturated heterocycles. The molecule has 2 bridgehead atoms. The van der Waals surface area contributed by atoms with Crippen LogP contribution in [0.3, 0.4) is 0 Å². The molecule has 1 aromatic rings. The van der Waals surface area contributed by atoms with Crippen LogP contribution in [0, 0.1) is 6.92 Å². The maximum Gasteiger partial charge on any atom is 0.313 e. The van der Waals surface area contributed by atoms with Crippen LogP contribution in [0.5, 0.6) is 5.75 Å². The fraction of sp³-hybridized carbons (Fsp3) is 0.250. The summed E-state index contributed by atoms with van der Waals surface area (Å²) in [6, 6.07) is 5.28. The number of aryl methyl sites for hydroxylation is 1. The van der Waals surface area contributed by atoms with E-state index in [0.717, 1.165) is 11.1 Å². The lowest BCUT2D eigenvalue weighted by atomic mass is 10.1. The largest absolute Gasteiger partial charge is 0.382 e. The molecule has 0 spiro atoms. The van der Waals surface area contributed by atoms with Crippen LogP contribution in [0.4, 0.5) is 0 Å². The van der Waals surface area contributed by atoms with E-state index in [1.165, 1.54) is 0 Å². The average Bonchev–Trinajstić information content (AvgIpc) is 1.95. The molecule has 2 rings (SSSR count). The number of rotatable bonds is 0. The van der Waals surface area contributed by atoms with Gasteiger partial charge in [0.2, 0.25) is 0 Å². The van der Waals surface area contributed by atoms with Crippen LogP contribution in [0.2, 0.25) is 0 Å². The molecular weight excluding hydrogens is 176 g/mol. The summed E-state index contributed by atoms with van der Waals surface area (Å²) in [4.78, 5) is 0. The first-order valence-electron chi connectivity index (χ1n) is 3.58. The van der Waals surface area contributed by atoms with E-state index in [1.807, 2.05) is 13.0 Å². The van der Waals surface area contributed by atoms with Gasteiger partial charge in [0.15, 0.2) is 0 Å². The fourth-order valence-electron chi connectivity index (χ4n) is 1.22. The lowest BCUT2D eigenvalue weighted by molar-refractivity contribution is 0.479. The lowest BCUT2D eigenvalue weighted by Crippen LogP contribution is -2.16. The van der Waals surface area contributed by atoms with Gasteiger partial charge in [-0.1, -0.05) is 6.07 Å². The third kappa shape index (κ3) is 1.18. The minimum Gasteiger partial charge on any atom is -0.382 e. The van der Waals surface area contributed by atoms with E-state index in [-0.39, 0.29) is 5.75 Å². The Morgan fingerprint density at radius 2 is 2.17 bits per heavy atom. The molecule has 1 aliphatic rings. The molecule has 0 aromatic heterocycles. The van der Waals surface area contributed by atoms with Crippen molar-refractivity contribution < 1.29 is 12.6 Å². The summed E-state index contributed by atoms with van der Waals surface area (Å²) in [7, 11) is -3.35. The zero-order chi connectivity index (χ0) is 8.77. The van der Waals surface area contributed by atoms with Gasteiger partial charge >= 0.3 is 10.1 Å². The summed E-state index contributed by atoms with van der Waals surface area (Å²) >= 11 is 0. The Hall–Kier alpha value is -1.03. The van der Waals surface area contributed by atoms with E-state index in [1.54, 1.807) is 12.1 Å². The van der Waals surface area contributed by atoms with Crippen molar-refractivity contribution in [1.82, 2.24) is 0 Å². The van der Waals surface area contributed by atoms with Crippen molar-refractivity contribution in [1.29, 1.82) is 0 Å². The van der Waals surface area contributed by atoms with Crippen LogP contribution in [-0.2, 0) is 15.9 Å². The third-order valence-corrected chi connectivity index (χ3v) is 2.99. The Morgan fingerprint density at radius 1 is 1.42 bits per heavy atom. The third-order valence-electron chi connectivity index (χ3n) is 1.88. The zero-order valence-corrected chi connectivity index (χ0v) is 7.39. The molecule has 0 N–H and O–H groups in total. The molecule has 1 heterocycles. The van der Waals surface area contributed by atoms with Crippen molar-refractivity contribution in [3.8, 4) is 5.75 Å². The second kappa shape index (κ2) is 2.23. The highest BCUT2D eigenvalue weighted by Gasteiger charge is 2.21. The highest BCUT2D eigenvalue weighted by molar-refractivity contribution is 7.86. The summed E-state index contributed by atoms with van der Waals surface area (Å²) < 4.78 is 26.9. The van der Waals surface area contributed by atoms with Gasteiger partial charge in [-0.25, -0.2) is 0 Å². The monoisotopic (exact) mass is 184 g/mol. The molecular formula is C8H8O3S. The molecule has 12 heavy (non-hydrogen) atoms. The van der Waals surface area contributed by atoms with Gasteiger partial charge in [0.05, 0.1) is 0 Å². The maximum absolute atomic E-state index is 11.1. The Kier molecular flexibility index (Phi) is 1.41. The number of hydrogen-bond donors (Lipinski definition) is 0. The minimum absolute atomic E-state index is 0.00727. The fourth-order valence-corrected chi connectivity index (χ4v) is 2.37. The predicted molar refractivity (Wildman–Crippen MR) is 44.4 cm³/mol. The topological polar surface area (TPSA) is 43.4 Å². The highest BCUT2D eigenvalue weighted by Crippen LogP contribution is 2.26. The number of hydrogen-bond acceptors (Lipinski definition) is 3. The second-order valence-corrected chi connectivity index (χ2v) is 4.44. The summed E-state index contributed by atoms with van der Waals surface area (Å²) in [5.74, 6) is 0.411. The number of benzene rings is 1. The van der Waals surface area contributed by atoms with E-state index >= 15 is 0 Å². The van der Waals surface area contributed by atoms with Crippen LogP contribution in [0.15, 0.2) is 18.2 Å². The van der Waals surface area contributed by atoms with Gasteiger partial charge in [0, 0.05) is 0 Å². The molecule has 64 valence electrons. The summed E-state index contributed by atoms with van der Waals surface area (Å²) in [6.45, 7) is 1.89. The molecule has 1 aliphatic heterocycles. The molecule has 4 heteroatoms. The summed E-state index contributed by atoms with van der Waals surface area (Å²) in [5, 5.41) is 0. The van der Waals surface area contributed by atoms with Crippen molar-refractivity contribution in [2.75, 3.05) is 0 Å². The smallest absolute Gasteiger partial charge is 0.313 e. The second-order valence-electron chi connectivity index (χ2n) is 2.87. The van der Waals surface area contributed by atoms with Gasteiger partial charge in [-0.05, 0) is 30.2 Å². The van der Waals surface area contributed by atoms with Crippen LogP contribution in [-0.4, -0.2) is 8.42 Å². The van der Waals surface area contributed by atoms with E-state index in [2.05, 4.69) is 0 Å². The Balaban J connectivity index is 2.63. The van der Waals surface area contributed by atoms with E-state index in [0.29, 0.717) is 5.75 Å². The minimum atomic E-state index is -3.35. The van der Waals surface area contributed by atoms with Gasteiger partial charge in [0.25, 0.3) is 0 Å². The Morgan fingerprint density at radius 3 is 2.92 bits per heavy atom.